The Morgan fingerprint density at radius 1 is 1.03 bits per heavy atom. The molecule has 1 saturated heterocycles. The summed E-state index contributed by atoms with van der Waals surface area (Å²) < 4.78 is 5.48. The molecule has 1 atom stereocenters. The van der Waals surface area contributed by atoms with E-state index in [1.54, 1.807) is 42.7 Å². The van der Waals surface area contributed by atoms with Gasteiger partial charge in [-0.05, 0) is 59.4 Å². The highest BCUT2D eigenvalue weighted by molar-refractivity contribution is 6.46. The van der Waals surface area contributed by atoms with Gasteiger partial charge in [0, 0.05) is 24.5 Å². The number of rotatable bonds is 6. The molecule has 2 heterocycles. The topological polar surface area (TPSA) is 79.7 Å². The minimum absolute atomic E-state index is 0.0433. The average Bonchev–Trinajstić information content (AvgIpc) is 3.09. The van der Waals surface area contributed by atoms with Crippen LogP contribution in [0.3, 0.4) is 0 Å². The van der Waals surface area contributed by atoms with E-state index in [0.29, 0.717) is 17.9 Å². The maximum Gasteiger partial charge on any atom is 0.295 e. The summed E-state index contributed by atoms with van der Waals surface area (Å²) in [6.07, 6.45) is 3.33. The lowest BCUT2D eigenvalue weighted by Crippen LogP contribution is -2.29. The molecule has 1 N–H and O–H groups in total. The lowest BCUT2D eigenvalue weighted by molar-refractivity contribution is -0.140. The predicted octanol–water partition coefficient (Wildman–Crippen LogP) is 5.40. The molecule has 6 nitrogen and oxygen atoms in total. The Bertz CT molecular complexity index is 1240. The first-order valence-electron chi connectivity index (χ1n) is 11.7. The Balaban J connectivity index is 1.82. The van der Waals surface area contributed by atoms with Crippen molar-refractivity contribution in [1.29, 1.82) is 0 Å². The van der Waals surface area contributed by atoms with Crippen LogP contribution in [0.4, 0.5) is 0 Å². The van der Waals surface area contributed by atoms with Crippen molar-refractivity contribution in [1.82, 2.24) is 9.88 Å². The number of Topliss-reactive ketones (excluding diaryl/α,β-unsaturated/α-hetero) is 1. The van der Waals surface area contributed by atoms with Crippen LogP contribution in [0.15, 0.2) is 78.6 Å². The molecule has 0 bridgehead atoms. The third kappa shape index (κ3) is 4.97. The van der Waals surface area contributed by atoms with E-state index in [9.17, 15) is 14.7 Å². The SMILES string of the molecule is CCOc1ccc(/C(O)=C2\C(=O)C(=O)N(Cc3cccnc3)[C@@H]2c2ccc(C(C)(C)C)cc2)cc1. The number of hydrogen-bond donors (Lipinski definition) is 1. The first kappa shape index (κ1) is 24.2. The molecule has 0 unspecified atom stereocenters. The second-order valence-electron chi connectivity index (χ2n) is 9.62. The highest BCUT2D eigenvalue weighted by Gasteiger charge is 2.46. The summed E-state index contributed by atoms with van der Waals surface area (Å²) >= 11 is 0. The summed E-state index contributed by atoms with van der Waals surface area (Å²) in [5.74, 6) is -0.892. The zero-order valence-electron chi connectivity index (χ0n) is 20.5. The second kappa shape index (κ2) is 9.74. The molecule has 4 rings (SSSR count). The van der Waals surface area contributed by atoms with Crippen LogP contribution < -0.4 is 4.74 Å². The summed E-state index contributed by atoms with van der Waals surface area (Å²) in [7, 11) is 0. The number of ether oxygens (including phenoxy) is 1. The summed E-state index contributed by atoms with van der Waals surface area (Å²) in [6.45, 7) is 9.00. The van der Waals surface area contributed by atoms with E-state index in [-0.39, 0.29) is 23.3 Å². The van der Waals surface area contributed by atoms with Gasteiger partial charge in [-0.1, -0.05) is 51.1 Å². The molecular formula is C29H30N2O4. The predicted molar refractivity (Wildman–Crippen MR) is 135 cm³/mol. The molecule has 1 aromatic heterocycles. The molecule has 1 aliphatic heterocycles. The maximum absolute atomic E-state index is 13.3. The van der Waals surface area contributed by atoms with Crippen molar-refractivity contribution in [3.05, 3.63) is 101 Å². The molecule has 1 aliphatic rings. The van der Waals surface area contributed by atoms with E-state index in [2.05, 4.69) is 25.8 Å². The van der Waals surface area contributed by atoms with Gasteiger partial charge < -0.3 is 14.7 Å². The molecule has 0 aliphatic carbocycles. The van der Waals surface area contributed by atoms with Crippen molar-refractivity contribution in [3.8, 4) is 5.75 Å². The van der Waals surface area contributed by atoms with E-state index in [1.165, 1.54) is 4.90 Å². The second-order valence-corrected chi connectivity index (χ2v) is 9.62. The van der Waals surface area contributed by atoms with E-state index >= 15 is 0 Å². The largest absolute Gasteiger partial charge is 0.507 e. The van der Waals surface area contributed by atoms with Crippen LogP contribution in [0.2, 0.25) is 0 Å². The van der Waals surface area contributed by atoms with Gasteiger partial charge in [-0.25, -0.2) is 0 Å². The summed E-state index contributed by atoms with van der Waals surface area (Å²) in [5.41, 5.74) is 3.17. The zero-order valence-corrected chi connectivity index (χ0v) is 20.5. The molecule has 35 heavy (non-hydrogen) atoms. The smallest absolute Gasteiger partial charge is 0.295 e. The van der Waals surface area contributed by atoms with E-state index in [1.807, 2.05) is 37.3 Å². The first-order chi connectivity index (χ1) is 16.7. The number of pyridine rings is 1. The van der Waals surface area contributed by atoms with Crippen LogP contribution in [0, 0.1) is 0 Å². The van der Waals surface area contributed by atoms with Gasteiger partial charge >= 0.3 is 0 Å². The molecule has 180 valence electrons. The number of ketones is 1. The van der Waals surface area contributed by atoms with Crippen molar-refractivity contribution in [2.45, 2.75) is 45.7 Å². The van der Waals surface area contributed by atoms with Gasteiger partial charge in [0.25, 0.3) is 11.7 Å². The van der Waals surface area contributed by atoms with Gasteiger partial charge in [-0.15, -0.1) is 0 Å². The Kier molecular flexibility index (Phi) is 6.74. The third-order valence-corrected chi connectivity index (χ3v) is 6.15. The normalized spacial score (nSPS) is 17.6. The number of carbonyl (C=O) groups excluding carboxylic acids is 2. The number of carbonyl (C=O) groups is 2. The molecule has 0 radical (unpaired) electrons. The monoisotopic (exact) mass is 470 g/mol. The Labute approximate surface area is 205 Å². The summed E-state index contributed by atoms with van der Waals surface area (Å²) in [6, 6.07) is 17.6. The highest BCUT2D eigenvalue weighted by atomic mass is 16.5. The number of hydrogen-bond acceptors (Lipinski definition) is 5. The lowest BCUT2D eigenvalue weighted by atomic mass is 9.85. The standard InChI is InChI=1S/C29H30N2O4/c1-5-35-23-14-10-21(11-15-23)26(32)24-25(20-8-12-22(13-9-20)29(2,3)4)31(28(34)27(24)33)18-19-7-6-16-30-17-19/h6-17,25,32H,5,18H2,1-4H3/b26-24+/t25-/m1/s1. The molecule has 3 aromatic rings. The number of likely N-dealkylation sites (tertiary alicyclic amines) is 1. The van der Waals surface area contributed by atoms with E-state index in [0.717, 1.165) is 16.7 Å². The van der Waals surface area contributed by atoms with Crippen LogP contribution in [0.1, 0.15) is 56.0 Å². The number of aliphatic hydroxyl groups excluding tert-OH is 1. The van der Waals surface area contributed by atoms with Crippen molar-refractivity contribution in [2.24, 2.45) is 0 Å². The van der Waals surface area contributed by atoms with Crippen LogP contribution in [-0.4, -0.2) is 33.3 Å². The Morgan fingerprint density at radius 3 is 2.29 bits per heavy atom. The minimum atomic E-state index is -0.726. The highest BCUT2D eigenvalue weighted by Crippen LogP contribution is 2.41. The number of nitrogens with zero attached hydrogens (tertiary/aromatic N) is 2. The van der Waals surface area contributed by atoms with Crippen LogP contribution >= 0.6 is 0 Å². The first-order valence-corrected chi connectivity index (χ1v) is 11.7. The quantitative estimate of drug-likeness (QED) is 0.296. The van der Waals surface area contributed by atoms with Crippen molar-refractivity contribution in [3.63, 3.8) is 0 Å². The van der Waals surface area contributed by atoms with Crippen molar-refractivity contribution >= 4 is 17.4 Å². The minimum Gasteiger partial charge on any atom is -0.507 e. The zero-order chi connectivity index (χ0) is 25.2. The van der Waals surface area contributed by atoms with Gasteiger partial charge in [-0.3, -0.25) is 14.6 Å². The Morgan fingerprint density at radius 2 is 1.71 bits per heavy atom. The van der Waals surface area contributed by atoms with Crippen LogP contribution in [0.25, 0.3) is 5.76 Å². The summed E-state index contributed by atoms with van der Waals surface area (Å²) in [5, 5.41) is 11.3. The van der Waals surface area contributed by atoms with E-state index < -0.39 is 17.7 Å². The molecule has 1 amide bonds. The fraction of sp³-hybridized carbons (Fsp3) is 0.276. The maximum atomic E-state index is 13.3. The van der Waals surface area contributed by atoms with E-state index in [4.69, 9.17) is 4.74 Å². The van der Waals surface area contributed by atoms with Gasteiger partial charge in [0.2, 0.25) is 0 Å². The number of aromatic nitrogens is 1. The number of amides is 1. The molecular weight excluding hydrogens is 440 g/mol. The van der Waals surface area contributed by atoms with Crippen LogP contribution in [0.5, 0.6) is 5.75 Å². The van der Waals surface area contributed by atoms with Crippen molar-refractivity contribution in [2.75, 3.05) is 6.61 Å². The molecule has 0 spiro atoms. The fourth-order valence-electron chi connectivity index (χ4n) is 4.27. The average molecular weight is 471 g/mol. The molecule has 1 fully saturated rings. The van der Waals surface area contributed by atoms with Crippen molar-refractivity contribution < 1.29 is 19.4 Å². The summed E-state index contributed by atoms with van der Waals surface area (Å²) in [4.78, 5) is 32.1. The molecule has 0 saturated carbocycles. The molecule has 2 aromatic carbocycles. The third-order valence-electron chi connectivity index (χ3n) is 6.15. The number of aliphatic hydroxyl groups is 1. The number of benzene rings is 2. The van der Waals surface area contributed by atoms with Gasteiger partial charge in [0.15, 0.2) is 0 Å². The lowest BCUT2D eigenvalue weighted by Gasteiger charge is -2.26. The van der Waals surface area contributed by atoms with Crippen LogP contribution in [-0.2, 0) is 21.5 Å². The fourth-order valence-corrected chi connectivity index (χ4v) is 4.27. The van der Waals surface area contributed by atoms with Gasteiger partial charge in [0.1, 0.15) is 11.5 Å². The molecule has 6 heteroatoms. The Hall–Kier alpha value is -3.93. The van der Waals surface area contributed by atoms with Gasteiger partial charge in [-0.2, -0.15) is 0 Å². The van der Waals surface area contributed by atoms with Gasteiger partial charge in [0.05, 0.1) is 18.2 Å².